The van der Waals surface area contributed by atoms with Gasteiger partial charge in [0, 0.05) is 6.54 Å². The highest BCUT2D eigenvalue weighted by molar-refractivity contribution is 5.87. The fraction of sp³-hybridized carbons (Fsp3) is 0.750. The largest absolute Gasteiger partial charge is 0.481 e. The molecule has 4 heteroatoms. The van der Waals surface area contributed by atoms with E-state index in [9.17, 15) is 4.79 Å². The SMILES string of the molecule is CCCCCCCCNC(=O)/C=C(\O)OC. The third kappa shape index (κ3) is 9.37. The summed E-state index contributed by atoms with van der Waals surface area (Å²) in [7, 11) is 1.31. The highest BCUT2D eigenvalue weighted by Gasteiger charge is 1.98. The highest BCUT2D eigenvalue weighted by atomic mass is 16.6. The summed E-state index contributed by atoms with van der Waals surface area (Å²) in [5.41, 5.74) is 0. The standard InChI is InChI=1S/C12H23NO3/c1-3-4-5-6-7-8-9-13-11(14)10-12(15)16-2/h10,15H,3-9H2,1-2H3,(H,13,14)/b12-10+. The minimum Gasteiger partial charge on any atom is -0.481 e. The van der Waals surface area contributed by atoms with E-state index in [1.54, 1.807) is 0 Å². The Morgan fingerprint density at radius 1 is 1.25 bits per heavy atom. The fourth-order valence-corrected chi connectivity index (χ4v) is 1.34. The summed E-state index contributed by atoms with van der Waals surface area (Å²) < 4.78 is 4.45. The van der Waals surface area contributed by atoms with Crippen molar-refractivity contribution in [2.24, 2.45) is 0 Å². The first-order valence-corrected chi connectivity index (χ1v) is 5.93. The summed E-state index contributed by atoms with van der Waals surface area (Å²) in [6, 6.07) is 0. The number of ether oxygens (including phenoxy) is 1. The average molecular weight is 229 g/mol. The van der Waals surface area contributed by atoms with E-state index in [1.165, 1.54) is 32.8 Å². The fourth-order valence-electron chi connectivity index (χ4n) is 1.34. The lowest BCUT2D eigenvalue weighted by Crippen LogP contribution is -2.22. The number of aliphatic hydroxyl groups excluding tert-OH is 1. The second-order valence-electron chi connectivity index (χ2n) is 3.75. The minimum atomic E-state index is -0.361. The van der Waals surface area contributed by atoms with Crippen molar-refractivity contribution < 1.29 is 14.6 Å². The molecule has 0 aliphatic carbocycles. The minimum absolute atomic E-state index is 0.312. The zero-order valence-corrected chi connectivity index (χ0v) is 10.3. The van der Waals surface area contributed by atoms with Gasteiger partial charge in [0.15, 0.2) is 0 Å². The van der Waals surface area contributed by atoms with Gasteiger partial charge >= 0.3 is 0 Å². The van der Waals surface area contributed by atoms with E-state index in [1.807, 2.05) is 0 Å². The van der Waals surface area contributed by atoms with Crippen LogP contribution in [-0.2, 0) is 9.53 Å². The van der Waals surface area contributed by atoms with E-state index in [0.717, 1.165) is 18.9 Å². The van der Waals surface area contributed by atoms with Crippen LogP contribution in [0.4, 0.5) is 0 Å². The molecule has 0 spiro atoms. The van der Waals surface area contributed by atoms with E-state index in [-0.39, 0.29) is 11.9 Å². The summed E-state index contributed by atoms with van der Waals surface area (Å²) in [6.45, 7) is 2.84. The Labute approximate surface area is 97.7 Å². The van der Waals surface area contributed by atoms with Gasteiger partial charge in [0.1, 0.15) is 0 Å². The van der Waals surface area contributed by atoms with Gasteiger partial charge in [0.25, 0.3) is 11.9 Å². The van der Waals surface area contributed by atoms with E-state index >= 15 is 0 Å². The van der Waals surface area contributed by atoms with Gasteiger partial charge in [-0.2, -0.15) is 0 Å². The molecule has 0 unspecified atom stereocenters. The van der Waals surface area contributed by atoms with Crippen molar-refractivity contribution in [1.29, 1.82) is 0 Å². The molecule has 0 radical (unpaired) electrons. The summed E-state index contributed by atoms with van der Waals surface area (Å²) >= 11 is 0. The molecule has 1 amide bonds. The van der Waals surface area contributed by atoms with Crippen molar-refractivity contribution in [2.75, 3.05) is 13.7 Å². The molecule has 0 aromatic carbocycles. The molecule has 0 atom stereocenters. The van der Waals surface area contributed by atoms with Crippen LogP contribution in [0.25, 0.3) is 0 Å². The quantitative estimate of drug-likeness (QED) is 0.363. The topological polar surface area (TPSA) is 58.6 Å². The smallest absolute Gasteiger partial charge is 0.281 e. The molecule has 2 N–H and O–H groups in total. The highest BCUT2D eigenvalue weighted by Crippen LogP contribution is 2.03. The number of hydrogen-bond donors (Lipinski definition) is 2. The average Bonchev–Trinajstić information content (AvgIpc) is 2.27. The molecule has 0 aliphatic heterocycles. The summed E-state index contributed by atoms with van der Waals surface area (Å²) in [6.07, 6.45) is 8.20. The number of amides is 1. The number of nitrogens with one attached hydrogen (secondary N) is 1. The molecule has 0 heterocycles. The lowest BCUT2D eigenvalue weighted by molar-refractivity contribution is -0.116. The lowest BCUT2D eigenvalue weighted by Gasteiger charge is -2.02. The summed E-state index contributed by atoms with van der Waals surface area (Å²) in [5, 5.41) is 11.6. The van der Waals surface area contributed by atoms with Gasteiger partial charge in [0.2, 0.25) is 0 Å². The van der Waals surface area contributed by atoms with Crippen LogP contribution < -0.4 is 5.32 Å². The van der Waals surface area contributed by atoms with E-state index in [0.29, 0.717) is 6.54 Å². The second kappa shape index (κ2) is 10.3. The molecule has 0 fully saturated rings. The van der Waals surface area contributed by atoms with Crippen molar-refractivity contribution in [3.8, 4) is 0 Å². The maximum atomic E-state index is 11.1. The summed E-state index contributed by atoms with van der Waals surface area (Å²) in [5.74, 6) is -0.673. The van der Waals surface area contributed by atoms with Crippen molar-refractivity contribution in [1.82, 2.24) is 5.32 Å². The zero-order chi connectivity index (χ0) is 12.2. The molecule has 0 aromatic heterocycles. The molecule has 0 saturated carbocycles. The van der Waals surface area contributed by atoms with Gasteiger partial charge in [-0.05, 0) is 6.42 Å². The number of rotatable bonds is 9. The van der Waals surface area contributed by atoms with E-state index < -0.39 is 0 Å². The van der Waals surface area contributed by atoms with Crippen molar-refractivity contribution in [3.63, 3.8) is 0 Å². The van der Waals surface area contributed by atoms with Crippen LogP contribution >= 0.6 is 0 Å². The number of methoxy groups -OCH3 is 1. The van der Waals surface area contributed by atoms with Crippen LogP contribution in [0.5, 0.6) is 0 Å². The summed E-state index contributed by atoms with van der Waals surface area (Å²) in [4.78, 5) is 11.1. The van der Waals surface area contributed by atoms with Gasteiger partial charge in [-0.3, -0.25) is 4.79 Å². The molecule has 94 valence electrons. The Bertz CT molecular complexity index is 214. The number of aliphatic hydroxyl groups is 1. The number of hydrogen-bond acceptors (Lipinski definition) is 3. The zero-order valence-electron chi connectivity index (χ0n) is 10.3. The van der Waals surface area contributed by atoms with Crippen molar-refractivity contribution in [2.45, 2.75) is 45.4 Å². The van der Waals surface area contributed by atoms with Gasteiger partial charge < -0.3 is 15.2 Å². The first-order chi connectivity index (χ1) is 7.70. The first-order valence-electron chi connectivity index (χ1n) is 5.93. The normalized spacial score (nSPS) is 11.2. The van der Waals surface area contributed by atoms with Gasteiger partial charge in [-0.25, -0.2) is 0 Å². The maximum Gasteiger partial charge on any atom is 0.281 e. The second-order valence-corrected chi connectivity index (χ2v) is 3.75. The Morgan fingerprint density at radius 2 is 1.88 bits per heavy atom. The molecule has 0 rings (SSSR count). The van der Waals surface area contributed by atoms with E-state index in [4.69, 9.17) is 5.11 Å². The lowest BCUT2D eigenvalue weighted by atomic mass is 10.1. The third-order valence-corrected chi connectivity index (χ3v) is 2.29. The van der Waals surface area contributed by atoms with E-state index in [2.05, 4.69) is 17.0 Å². The molecule has 16 heavy (non-hydrogen) atoms. The van der Waals surface area contributed by atoms with Crippen molar-refractivity contribution in [3.05, 3.63) is 12.0 Å². The predicted octanol–water partition coefficient (Wildman–Crippen LogP) is 2.51. The van der Waals surface area contributed by atoms with Crippen LogP contribution in [0.2, 0.25) is 0 Å². The van der Waals surface area contributed by atoms with Crippen LogP contribution in [0, 0.1) is 0 Å². The molecule has 4 nitrogen and oxygen atoms in total. The number of carbonyl (C=O) groups excluding carboxylic acids is 1. The van der Waals surface area contributed by atoms with Crippen LogP contribution in [0.3, 0.4) is 0 Å². The van der Waals surface area contributed by atoms with Crippen LogP contribution in [0.1, 0.15) is 45.4 Å². The Balaban J connectivity index is 3.35. The molecule has 0 saturated heterocycles. The van der Waals surface area contributed by atoms with Crippen LogP contribution in [-0.4, -0.2) is 24.7 Å². The van der Waals surface area contributed by atoms with Gasteiger partial charge in [-0.1, -0.05) is 39.0 Å². The molecule has 0 bridgehead atoms. The maximum absolute atomic E-state index is 11.1. The number of unbranched alkanes of at least 4 members (excludes halogenated alkanes) is 5. The predicted molar refractivity (Wildman–Crippen MR) is 64.1 cm³/mol. The monoisotopic (exact) mass is 229 g/mol. The first kappa shape index (κ1) is 14.8. The van der Waals surface area contributed by atoms with Gasteiger partial charge in [0.05, 0.1) is 13.2 Å². The van der Waals surface area contributed by atoms with Gasteiger partial charge in [-0.15, -0.1) is 0 Å². The Morgan fingerprint density at radius 3 is 2.50 bits per heavy atom. The molecular weight excluding hydrogens is 206 g/mol. The van der Waals surface area contributed by atoms with Crippen molar-refractivity contribution >= 4 is 5.91 Å². The number of carbonyl (C=O) groups is 1. The molecule has 0 aliphatic rings. The van der Waals surface area contributed by atoms with Crippen LogP contribution in [0.15, 0.2) is 12.0 Å². The molecular formula is C12H23NO3. The molecule has 0 aromatic rings. The third-order valence-electron chi connectivity index (χ3n) is 2.29. The Hall–Kier alpha value is -1.19. The Kier molecular flexibility index (Phi) is 9.56.